The van der Waals surface area contributed by atoms with Gasteiger partial charge in [-0.2, -0.15) is 5.10 Å². The summed E-state index contributed by atoms with van der Waals surface area (Å²) in [5.41, 5.74) is 3.35. The van der Waals surface area contributed by atoms with Crippen LogP contribution in [0.1, 0.15) is 43.7 Å². The molecule has 0 saturated heterocycles. The van der Waals surface area contributed by atoms with Crippen LogP contribution in [0.2, 0.25) is 0 Å². The highest BCUT2D eigenvalue weighted by molar-refractivity contribution is 6.17. The van der Waals surface area contributed by atoms with Crippen LogP contribution < -0.4 is 0 Å². The van der Waals surface area contributed by atoms with Crippen molar-refractivity contribution in [2.24, 2.45) is 7.05 Å². The summed E-state index contributed by atoms with van der Waals surface area (Å²) >= 11 is 5.91. The van der Waals surface area contributed by atoms with Crippen LogP contribution in [0, 0.1) is 0 Å². The molecular weight excluding hydrogens is 248 g/mol. The number of rotatable bonds is 4. The SMILES string of the molecule is CCc1nn(C)c2c1nc(CCCl)n2C1CCC1. The van der Waals surface area contributed by atoms with E-state index < -0.39 is 0 Å². The Morgan fingerprint density at radius 2 is 2.17 bits per heavy atom. The van der Waals surface area contributed by atoms with Crippen LogP contribution >= 0.6 is 11.6 Å². The molecule has 0 N–H and O–H groups in total. The minimum Gasteiger partial charge on any atom is -0.310 e. The molecule has 0 atom stereocenters. The number of fused-ring (bicyclic) bond motifs is 1. The maximum absolute atomic E-state index is 5.91. The second kappa shape index (κ2) is 4.57. The van der Waals surface area contributed by atoms with E-state index in [1.807, 2.05) is 11.7 Å². The minimum absolute atomic E-state index is 0.605. The summed E-state index contributed by atoms with van der Waals surface area (Å²) < 4.78 is 4.37. The fourth-order valence-corrected chi connectivity index (χ4v) is 2.94. The molecule has 1 aliphatic rings. The molecule has 0 unspecified atom stereocenters. The fourth-order valence-electron chi connectivity index (χ4n) is 2.78. The first-order valence-electron chi connectivity index (χ1n) is 6.75. The largest absolute Gasteiger partial charge is 0.310 e. The molecule has 2 aromatic heterocycles. The van der Waals surface area contributed by atoms with Crippen LogP contribution in [0.25, 0.3) is 11.2 Å². The molecule has 5 heteroatoms. The van der Waals surface area contributed by atoms with Crippen molar-refractivity contribution in [2.75, 3.05) is 5.88 Å². The highest BCUT2D eigenvalue weighted by Crippen LogP contribution is 2.36. The van der Waals surface area contributed by atoms with Gasteiger partial charge in [-0.3, -0.25) is 4.68 Å². The highest BCUT2D eigenvalue weighted by Gasteiger charge is 2.27. The predicted molar refractivity (Wildman–Crippen MR) is 73.2 cm³/mol. The van der Waals surface area contributed by atoms with Crippen molar-refractivity contribution in [3.63, 3.8) is 0 Å². The number of aromatic nitrogens is 4. The average Bonchev–Trinajstić information content (AvgIpc) is 2.78. The third kappa shape index (κ3) is 1.66. The van der Waals surface area contributed by atoms with Gasteiger partial charge in [-0.05, 0) is 25.7 Å². The molecule has 0 aliphatic heterocycles. The molecule has 1 fully saturated rings. The topological polar surface area (TPSA) is 35.6 Å². The molecule has 0 bridgehead atoms. The van der Waals surface area contributed by atoms with Gasteiger partial charge in [0.05, 0.1) is 5.69 Å². The minimum atomic E-state index is 0.605. The van der Waals surface area contributed by atoms with Gasteiger partial charge in [0, 0.05) is 25.4 Å². The molecule has 1 aliphatic carbocycles. The molecule has 1 saturated carbocycles. The van der Waals surface area contributed by atoms with Crippen molar-refractivity contribution < 1.29 is 0 Å². The van der Waals surface area contributed by atoms with Crippen LogP contribution in [0.5, 0.6) is 0 Å². The quantitative estimate of drug-likeness (QED) is 0.798. The maximum Gasteiger partial charge on any atom is 0.158 e. The normalized spacial score (nSPS) is 16.4. The summed E-state index contributed by atoms with van der Waals surface area (Å²) in [5.74, 6) is 1.76. The summed E-state index contributed by atoms with van der Waals surface area (Å²) in [4.78, 5) is 4.79. The molecule has 2 aromatic rings. The van der Waals surface area contributed by atoms with Crippen molar-refractivity contribution in [3.8, 4) is 0 Å². The van der Waals surface area contributed by atoms with E-state index in [4.69, 9.17) is 16.6 Å². The van der Waals surface area contributed by atoms with Crippen LogP contribution in [0.15, 0.2) is 0 Å². The maximum atomic E-state index is 5.91. The van der Waals surface area contributed by atoms with Crippen LogP contribution in [-0.2, 0) is 19.9 Å². The molecule has 0 spiro atoms. The van der Waals surface area contributed by atoms with E-state index >= 15 is 0 Å². The van der Waals surface area contributed by atoms with Gasteiger partial charge < -0.3 is 4.57 Å². The van der Waals surface area contributed by atoms with Crippen molar-refractivity contribution >= 4 is 22.8 Å². The molecule has 2 heterocycles. The Hall–Kier alpha value is -1.03. The Morgan fingerprint density at radius 1 is 1.39 bits per heavy atom. The van der Waals surface area contributed by atoms with E-state index in [9.17, 15) is 0 Å². The Bertz CT molecular complexity index is 565. The van der Waals surface area contributed by atoms with E-state index in [0.29, 0.717) is 11.9 Å². The molecule has 98 valence electrons. The second-order valence-corrected chi connectivity index (χ2v) is 5.40. The molecule has 18 heavy (non-hydrogen) atoms. The number of nitrogens with zero attached hydrogens (tertiary/aromatic N) is 4. The lowest BCUT2D eigenvalue weighted by atomic mass is 9.92. The third-order valence-corrected chi connectivity index (χ3v) is 4.09. The van der Waals surface area contributed by atoms with Gasteiger partial charge in [0.25, 0.3) is 0 Å². The summed E-state index contributed by atoms with van der Waals surface area (Å²) in [7, 11) is 2.02. The van der Waals surface area contributed by atoms with Gasteiger partial charge in [-0.25, -0.2) is 4.98 Å². The van der Waals surface area contributed by atoms with Gasteiger partial charge in [-0.1, -0.05) is 6.92 Å². The van der Waals surface area contributed by atoms with Gasteiger partial charge in [0.2, 0.25) is 0 Å². The number of halogens is 1. The number of alkyl halides is 1. The molecule has 0 aromatic carbocycles. The lowest BCUT2D eigenvalue weighted by molar-refractivity contribution is 0.310. The van der Waals surface area contributed by atoms with Crippen LogP contribution in [0.4, 0.5) is 0 Å². The number of hydrogen-bond acceptors (Lipinski definition) is 2. The first-order chi connectivity index (χ1) is 8.76. The fraction of sp³-hybridized carbons (Fsp3) is 0.692. The summed E-state index contributed by atoms with van der Waals surface area (Å²) in [6, 6.07) is 0.605. The Labute approximate surface area is 112 Å². The molecular formula is C13H19ClN4. The first-order valence-corrected chi connectivity index (χ1v) is 7.28. The molecule has 0 amide bonds. The highest BCUT2D eigenvalue weighted by atomic mass is 35.5. The van der Waals surface area contributed by atoms with Crippen molar-refractivity contribution in [3.05, 3.63) is 11.5 Å². The van der Waals surface area contributed by atoms with Crippen molar-refractivity contribution in [1.29, 1.82) is 0 Å². The number of imidazole rings is 1. The van der Waals surface area contributed by atoms with Gasteiger partial charge >= 0.3 is 0 Å². The standard InChI is InChI=1S/C13H19ClN4/c1-3-10-12-13(17(2)16-10)18(9-5-4-6-9)11(15-12)7-8-14/h9H,3-8H2,1-2H3. The summed E-state index contributed by atoms with van der Waals surface area (Å²) in [6.45, 7) is 2.13. The van der Waals surface area contributed by atoms with Gasteiger partial charge in [-0.15, -0.1) is 11.6 Å². The number of aryl methyl sites for hydroxylation is 3. The van der Waals surface area contributed by atoms with Gasteiger partial charge in [0.15, 0.2) is 5.65 Å². The van der Waals surface area contributed by atoms with Crippen molar-refractivity contribution in [2.45, 2.75) is 45.1 Å². The first kappa shape index (κ1) is 12.0. The zero-order valence-electron chi connectivity index (χ0n) is 11.0. The molecule has 0 radical (unpaired) electrons. The van der Waals surface area contributed by atoms with E-state index in [-0.39, 0.29) is 0 Å². The lowest BCUT2D eigenvalue weighted by Crippen LogP contribution is -2.20. The van der Waals surface area contributed by atoms with Gasteiger partial charge in [0.1, 0.15) is 11.3 Å². The summed E-state index contributed by atoms with van der Waals surface area (Å²) in [6.07, 6.45) is 5.61. The molecule has 3 rings (SSSR count). The summed E-state index contributed by atoms with van der Waals surface area (Å²) in [5, 5.41) is 4.57. The Kier molecular flexibility index (Phi) is 3.06. The van der Waals surface area contributed by atoms with E-state index in [0.717, 1.165) is 29.9 Å². The van der Waals surface area contributed by atoms with Crippen LogP contribution in [0.3, 0.4) is 0 Å². The third-order valence-electron chi connectivity index (χ3n) is 3.90. The lowest BCUT2D eigenvalue weighted by Gasteiger charge is -2.29. The number of hydrogen-bond donors (Lipinski definition) is 0. The van der Waals surface area contributed by atoms with E-state index in [2.05, 4.69) is 16.6 Å². The second-order valence-electron chi connectivity index (χ2n) is 5.02. The Morgan fingerprint density at radius 3 is 2.72 bits per heavy atom. The monoisotopic (exact) mass is 266 g/mol. The van der Waals surface area contributed by atoms with E-state index in [1.54, 1.807) is 0 Å². The van der Waals surface area contributed by atoms with Crippen LogP contribution in [-0.4, -0.2) is 25.2 Å². The Balaban J connectivity index is 2.20. The van der Waals surface area contributed by atoms with Crippen molar-refractivity contribution in [1.82, 2.24) is 19.3 Å². The smallest absolute Gasteiger partial charge is 0.158 e. The van der Waals surface area contributed by atoms with E-state index in [1.165, 1.54) is 24.9 Å². The average molecular weight is 267 g/mol. The molecule has 4 nitrogen and oxygen atoms in total. The zero-order valence-corrected chi connectivity index (χ0v) is 11.7. The zero-order chi connectivity index (χ0) is 12.7. The predicted octanol–water partition coefficient (Wildman–Crippen LogP) is 2.84.